The second kappa shape index (κ2) is 8.94. The first-order valence-electron chi connectivity index (χ1n) is 10.9. The van der Waals surface area contributed by atoms with E-state index in [1.165, 1.54) is 25.7 Å². The predicted molar refractivity (Wildman–Crippen MR) is 129 cm³/mol. The minimum Gasteiger partial charge on any atom is -0.369 e. The Balaban J connectivity index is 1.56. The van der Waals surface area contributed by atoms with Gasteiger partial charge in [-0.2, -0.15) is 0 Å². The summed E-state index contributed by atoms with van der Waals surface area (Å²) in [5.41, 5.74) is 5.73. The smallest absolute Gasteiger partial charge is 0.150 e. The lowest BCUT2D eigenvalue weighted by Crippen LogP contribution is -2.07. The van der Waals surface area contributed by atoms with Gasteiger partial charge in [0.15, 0.2) is 5.65 Å². The number of anilines is 1. The standard InChI is InChI=1S/C26H25ClN4/c27-21-11-13-22(14-12-21)31-17-23(20-9-5-2-6-10-20)24-25(29-18-30-26(24)31)28-16-15-19-7-3-1-4-8-19/h2,5-7,9-14,17-18H,1,3-4,8,15-16H2,(H,28,29,30). The van der Waals surface area contributed by atoms with E-state index >= 15 is 0 Å². The van der Waals surface area contributed by atoms with Crippen molar-refractivity contribution < 1.29 is 0 Å². The van der Waals surface area contributed by atoms with E-state index in [1.807, 2.05) is 30.3 Å². The summed E-state index contributed by atoms with van der Waals surface area (Å²) in [5.74, 6) is 0.882. The summed E-state index contributed by atoms with van der Waals surface area (Å²) < 4.78 is 2.12. The molecule has 0 spiro atoms. The molecule has 31 heavy (non-hydrogen) atoms. The largest absolute Gasteiger partial charge is 0.369 e. The molecule has 5 heteroatoms. The second-order valence-electron chi connectivity index (χ2n) is 7.96. The molecular formula is C26H25ClN4. The predicted octanol–water partition coefficient (Wildman–Crippen LogP) is 7.04. The highest BCUT2D eigenvalue weighted by atomic mass is 35.5. The number of halogens is 1. The topological polar surface area (TPSA) is 42.7 Å². The fourth-order valence-corrected chi connectivity index (χ4v) is 4.43. The van der Waals surface area contributed by atoms with Crippen molar-refractivity contribution in [1.29, 1.82) is 0 Å². The highest BCUT2D eigenvalue weighted by molar-refractivity contribution is 6.30. The Morgan fingerprint density at radius 3 is 2.58 bits per heavy atom. The van der Waals surface area contributed by atoms with Crippen molar-refractivity contribution in [3.63, 3.8) is 0 Å². The molecule has 0 radical (unpaired) electrons. The van der Waals surface area contributed by atoms with Crippen LogP contribution in [-0.4, -0.2) is 21.1 Å². The Kier molecular flexibility index (Phi) is 5.72. The van der Waals surface area contributed by atoms with Crippen molar-refractivity contribution >= 4 is 28.5 Å². The van der Waals surface area contributed by atoms with Crippen LogP contribution in [0.1, 0.15) is 32.1 Å². The van der Waals surface area contributed by atoms with E-state index in [1.54, 1.807) is 11.9 Å². The quantitative estimate of drug-likeness (QED) is 0.335. The normalized spacial score (nSPS) is 13.9. The van der Waals surface area contributed by atoms with Crippen LogP contribution in [0.15, 0.2) is 78.8 Å². The number of fused-ring (bicyclic) bond motifs is 1. The molecule has 1 aliphatic rings. The third-order valence-corrected chi connectivity index (χ3v) is 6.15. The van der Waals surface area contributed by atoms with Gasteiger partial charge in [0.1, 0.15) is 12.1 Å². The second-order valence-corrected chi connectivity index (χ2v) is 8.40. The number of rotatable bonds is 6. The maximum absolute atomic E-state index is 6.12. The van der Waals surface area contributed by atoms with Crippen molar-refractivity contribution in [2.45, 2.75) is 32.1 Å². The van der Waals surface area contributed by atoms with E-state index in [4.69, 9.17) is 11.6 Å². The van der Waals surface area contributed by atoms with Crippen LogP contribution in [0.25, 0.3) is 27.8 Å². The third-order valence-electron chi connectivity index (χ3n) is 5.90. The van der Waals surface area contributed by atoms with Crippen LogP contribution in [0.2, 0.25) is 5.02 Å². The number of allylic oxidation sites excluding steroid dienone is 1. The first-order valence-corrected chi connectivity index (χ1v) is 11.3. The average Bonchev–Trinajstić information content (AvgIpc) is 3.21. The van der Waals surface area contributed by atoms with Gasteiger partial charge in [0.05, 0.1) is 5.39 Å². The van der Waals surface area contributed by atoms with Crippen LogP contribution in [0.5, 0.6) is 0 Å². The third kappa shape index (κ3) is 4.21. The van der Waals surface area contributed by atoms with Gasteiger partial charge >= 0.3 is 0 Å². The fraction of sp³-hybridized carbons (Fsp3) is 0.231. The summed E-state index contributed by atoms with van der Waals surface area (Å²) in [6.45, 7) is 0.873. The molecule has 1 N–H and O–H groups in total. The van der Waals surface area contributed by atoms with Gasteiger partial charge in [-0.15, -0.1) is 0 Å². The highest BCUT2D eigenvalue weighted by Gasteiger charge is 2.17. The van der Waals surface area contributed by atoms with Gasteiger partial charge in [-0.3, -0.25) is 0 Å². The number of nitrogens with zero attached hydrogens (tertiary/aromatic N) is 3. The van der Waals surface area contributed by atoms with E-state index in [-0.39, 0.29) is 0 Å². The number of hydrogen-bond donors (Lipinski definition) is 1. The Hall–Kier alpha value is -3.11. The molecule has 2 aromatic heterocycles. The van der Waals surface area contributed by atoms with E-state index in [9.17, 15) is 0 Å². The molecule has 156 valence electrons. The van der Waals surface area contributed by atoms with Gasteiger partial charge < -0.3 is 9.88 Å². The van der Waals surface area contributed by atoms with Gasteiger partial charge in [0.2, 0.25) is 0 Å². The van der Waals surface area contributed by atoms with Gasteiger partial charge in [-0.25, -0.2) is 9.97 Å². The summed E-state index contributed by atoms with van der Waals surface area (Å²) in [7, 11) is 0. The first-order chi connectivity index (χ1) is 15.3. The van der Waals surface area contributed by atoms with E-state index in [0.29, 0.717) is 0 Å². The first kappa shape index (κ1) is 19.8. The van der Waals surface area contributed by atoms with Crippen LogP contribution in [0.3, 0.4) is 0 Å². The van der Waals surface area contributed by atoms with Crippen LogP contribution in [0, 0.1) is 0 Å². The molecule has 0 amide bonds. The van der Waals surface area contributed by atoms with Crippen LogP contribution in [-0.2, 0) is 0 Å². The molecule has 0 fully saturated rings. The van der Waals surface area contributed by atoms with Gasteiger partial charge in [0, 0.05) is 29.0 Å². The lowest BCUT2D eigenvalue weighted by atomic mass is 9.97. The van der Waals surface area contributed by atoms with Crippen LogP contribution >= 0.6 is 11.6 Å². The molecule has 4 aromatic rings. The average molecular weight is 429 g/mol. The van der Waals surface area contributed by atoms with E-state index < -0.39 is 0 Å². The van der Waals surface area contributed by atoms with Crippen molar-refractivity contribution in [2.75, 3.05) is 11.9 Å². The SMILES string of the molecule is Clc1ccc(-n2cc(-c3ccccc3)c3c(NCCC4=CCCCC4)ncnc32)cc1. The maximum Gasteiger partial charge on any atom is 0.150 e. The zero-order chi connectivity index (χ0) is 21.0. The van der Waals surface area contributed by atoms with Crippen molar-refractivity contribution in [3.05, 3.63) is 83.8 Å². The molecule has 0 unspecified atom stereocenters. The summed E-state index contributed by atoms with van der Waals surface area (Å²) in [6.07, 6.45) is 12.3. The summed E-state index contributed by atoms with van der Waals surface area (Å²) >= 11 is 6.12. The zero-order valence-electron chi connectivity index (χ0n) is 17.4. The fourth-order valence-electron chi connectivity index (χ4n) is 4.30. The van der Waals surface area contributed by atoms with Crippen LogP contribution in [0.4, 0.5) is 5.82 Å². The van der Waals surface area contributed by atoms with Gasteiger partial charge in [0.25, 0.3) is 0 Å². The molecule has 5 rings (SSSR count). The van der Waals surface area contributed by atoms with Crippen molar-refractivity contribution in [3.8, 4) is 16.8 Å². The molecule has 0 bridgehead atoms. The maximum atomic E-state index is 6.12. The lowest BCUT2D eigenvalue weighted by molar-refractivity contribution is 0.679. The summed E-state index contributed by atoms with van der Waals surface area (Å²) in [5, 5.41) is 5.36. The molecule has 0 aliphatic heterocycles. The van der Waals surface area contributed by atoms with Crippen LogP contribution < -0.4 is 5.32 Å². The highest BCUT2D eigenvalue weighted by Crippen LogP contribution is 2.35. The lowest BCUT2D eigenvalue weighted by Gasteiger charge is -2.14. The Labute approximate surface area is 187 Å². The molecule has 4 nitrogen and oxygen atoms in total. The Bertz CT molecular complexity index is 1210. The van der Waals surface area contributed by atoms with E-state index in [2.05, 4.69) is 56.4 Å². The van der Waals surface area contributed by atoms with E-state index in [0.717, 1.165) is 51.7 Å². The number of aromatic nitrogens is 3. The zero-order valence-corrected chi connectivity index (χ0v) is 18.1. The minimum absolute atomic E-state index is 0.720. The summed E-state index contributed by atoms with van der Waals surface area (Å²) in [6, 6.07) is 18.3. The number of nitrogens with one attached hydrogen (secondary N) is 1. The van der Waals surface area contributed by atoms with Gasteiger partial charge in [-0.1, -0.05) is 53.6 Å². The number of hydrogen-bond acceptors (Lipinski definition) is 3. The molecule has 0 saturated heterocycles. The Morgan fingerprint density at radius 2 is 1.81 bits per heavy atom. The molecule has 2 heterocycles. The summed E-state index contributed by atoms with van der Waals surface area (Å²) in [4.78, 5) is 9.27. The molecule has 0 saturated carbocycles. The molecular weight excluding hydrogens is 404 g/mol. The van der Waals surface area contributed by atoms with Crippen molar-refractivity contribution in [2.24, 2.45) is 0 Å². The molecule has 1 aliphatic carbocycles. The molecule has 2 aromatic carbocycles. The monoisotopic (exact) mass is 428 g/mol. The minimum atomic E-state index is 0.720. The van der Waals surface area contributed by atoms with Gasteiger partial charge in [-0.05, 0) is 61.9 Å². The van der Waals surface area contributed by atoms with Crippen molar-refractivity contribution in [1.82, 2.24) is 14.5 Å². The number of benzene rings is 2. The molecule has 0 atom stereocenters. The Morgan fingerprint density at radius 1 is 0.968 bits per heavy atom.